The number of piperidine rings is 1. The highest BCUT2D eigenvalue weighted by molar-refractivity contribution is 5.97. The van der Waals surface area contributed by atoms with Gasteiger partial charge in [0.15, 0.2) is 0 Å². The number of fused-ring (bicyclic) bond motifs is 2. The molecule has 3 atom stereocenters. The quantitative estimate of drug-likeness (QED) is 0.802. The van der Waals surface area contributed by atoms with Crippen molar-refractivity contribution in [1.29, 1.82) is 0 Å². The summed E-state index contributed by atoms with van der Waals surface area (Å²) < 4.78 is 23.9. The summed E-state index contributed by atoms with van der Waals surface area (Å²) in [6, 6.07) is 12.6. The molecule has 1 amide bonds. The van der Waals surface area contributed by atoms with E-state index in [1.807, 2.05) is 17.0 Å². The number of ether oxygens (including phenoxy) is 2. The molecular formula is C22H24FNO3. The van der Waals surface area contributed by atoms with E-state index in [0.717, 1.165) is 25.7 Å². The van der Waals surface area contributed by atoms with Gasteiger partial charge in [-0.25, -0.2) is 4.39 Å². The molecule has 142 valence electrons. The van der Waals surface area contributed by atoms with E-state index in [0.29, 0.717) is 23.0 Å². The molecule has 0 N–H and O–H groups in total. The Morgan fingerprint density at radius 2 is 1.67 bits per heavy atom. The van der Waals surface area contributed by atoms with E-state index in [2.05, 4.69) is 0 Å². The second kappa shape index (κ2) is 7.22. The summed E-state index contributed by atoms with van der Waals surface area (Å²) in [5, 5.41) is 0. The Kier molecular flexibility index (Phi) is 4.77. The second-order valence-electron chi connectivity index (χ2n) is 7.38. The summed E-state index contributed by atoms with van der Waals surface area (Å²) >= 11 is 0. The van der Waals surface area contributed by atoms with Crippen LogP contribution in [0.3, 0.4) is 0 Å². The molecule has 5 heteroatoms. The number of hydrogen-bond acceptors (Lipinski definition) is 3. The van der Waals surface area contributed by atoms with Gasteiger partial charge in [0.25, 0.3) is 5.91 Å². The summed E-state index contributed by atoms with van der Waals surface area (Å²) in [5.74, 6) is 1.41. The van der Waals surface area contributed by atoms with Gasteiger partial charge in [0, 0.05) is 18.2 Å². The first-order chi connectivity index (χ1) is 13.1. The standard InChI is InChI=1S/C22H24FNO3/c1-26-19-9-10-20(21(13-19)27-2)22(25)24-17-7-8-18(24)12-15(11-17)14-3-5-16(23)6-4-14/h3-6,9-10,13,15,17-18H,7-8,11-12H2,1-2H3/t15-,17+,18-. The van der Waals surface area contributed by atoms with Gasteiger partial charge in [0.1, 0.15) is 17.3 Å². The zero-order valence-electron chi connectivity index (χ0n) is 15.7. The van der Waals surface area contributed by atoms with E-state index < -0.39 is 0 Å². The summed E-state index contributed by atoms with van der Waals surface area (Å²) in [6.45, 7) is 0. The highest BCUT2D eigenvalue weighted by Crippen LogP contribution is 2.44. The first-order valence-electron chi connectivity index (χ1n) is 9.41. The largest absolute Gasteiger partial charge is 0.497 e. The highest BCUT2D eigenvalue weighted by atomic mass is 19.1. The van der Waals surface area contributed by atoms with Crippen LogP contribution in [0, 0.1) is 5.82 Å². The van der Waals surface area contributed by atoms with Crippen LogP contribution in [0.1, 0.15) is 47.5 Å². The van der Waals surface area contributed by atoms with Crippen LogP contribution in [0.2, 0.25) is 0 Å². The van der Waals surface area contributed by atoms with Gasteiger partial charge < -0.3 is 14.4 Å². The maximum absolute atomic E-state index is 13.3. The molecule has 2 bridgehead atoms. The molecule has 0 unspecified atom stereocenters. The lowest BCUT2D eigenvalue weighted by molar-refractivity contribution is 0.0568. The average Bonchev–Trinajstić information content (AvgIpc) is 2.96. The van der Waals surface area contributed by atoms with Gasteiger partial charge in [-0.1, -0.05) is 12.1 Å². The topological polar surface area (TPSA) is 38.8 Å². The molecule has 4 rings (SSSR count). The lowest BCUT2D eigenvalue weighted by Crippen LogP contribution is -2.46. The number of hydrogen-bond donors (Lipinski definition) is 0. The number of nitrogens with zero attached hydrogens (tertiary/aromatic N) is 1. The van der Waals surface area contributed by atoms with Crippen LogP contribution in [0.5, 0.6) is 11.5 Å². The average molecular weight is 369 g/mol. The smallest absolute Gasteiger partial charge is 0.258 e. The van der Waals surface area contributed by atoms with Crippen LogP contribution < -0.4 is 9.47 Å². The molecule has 0 saturated carbocycles. The number of amides is 1. The van der Waals surface area contributed by atoms with Crippen molar-refractivity contribution in [1.82, 2.24) is 4.90 Å². The SMILES string of the molecule is COc1ccc(C(=O)N2[C@@H]3CC[C@H]2C[C@@H](c2ccc(F)cc2)C3)c(OC)c1. The Bertz CT molecular complexity index is 822. The minimum atomic E-state index is -0.207. The number of benzene rings is 2. The fourth-order valence-corrected chi connectivity index (χ4v) is 4.63. The molecule has 2 aromatic rings. The molecule has 2 aliphatic heterocycles. The predicted octanol–water partition coefficient (Wildman–Crippen LogP) is 4.39. The minimum Gasteiger partial charge on any atom is -0.497 e. The van der Waals surface area contributed by atoms with Crippen LogP contribution in [-0.4, -0.2) is 37.1 Å². The molecule has 2 aliphatic rings. The summed E-state index contributed by atoms with van der Waals surface area (Å²) in [4.78, 5) is 15.3. The van der Waals surface area contributed by atoms with Gasteiger partial charge in [0.05, 0.1) is 19.8 Å². The van der Waals surface area contributed by atoms with Gasteiger partial charge in [0.2, 0.25) is 0 Å². The summed E-state index contributed by atoms with van der Waals surface area (Å²) in [5.41, 5.74) is 1.75. The van der Waals surface area contributed by atoms with Crippen molar-refractivity contribution >= 4 is 5.91 Å². The fourth-order valence-electron chi connectivity index (χ4n) is 4.63. The van der Waals surface area contributed by atoms with Crippen molar-refractivity contribution in [3.05, 3.63) is 59.4 Å². The van der Waals surface area contributed by atoms with Crippen molar-refractivity contribution in [2.75, 3.05) is 14.2 Å². The minimum absolute atomic E-state index is 0.0274. The third-order valence-corrected chi connectivity index (χ3v) is 5.95. The van der Waals surface area contributed by atoms with E-state index in [1.54, 1.807) is 32.4 Å². The number of methoxy groups -OCH3 is 2. The third kappa shape index (κ3) is 3.27. The van der Waals surface area contributed by atoms with E-state index in [-0.39, 0.29) is 23.8 Å². The number of carbonyl (C=O) groups is 1. The molecule has 2 fully saturated rings. The zero-order valence-corrected chi connectivity index (χ0v) is 15.7. The van der Waals surface area contributed by atoms with Gasteiger partial charge in [-0.15, -0.1) is 0 Å². The molecule has 2 aromatic carbocycles. The molecule has 27 heavy (non-hydrogen) atoms. The van der Waals surface area contributed by atoms with Gasteiger partial charge in [-0.05, 0) is 61.4 Å². The number of halogens is 1. The van der Waals surface area contributed by atoms with Crippen molar-refractivity contribution in [3.8, 4) is 11.5 Å². The first kappa shape index (κ1) is 17.8. The van der Waals surface area contributed by atoms with E-state index in [9.17, 15) is 9.18 Å². The van der Waals surface area contributed by atoms with Crippen LogP contribution >= 0.6 is 0 Å². The molecule has 0 radical (unpaired) electrons. The van der Waals surface area contributed by atoms with Gasteiger partial charge >= 0.3 is 0 Å². The molecule has 0 spiro atoms. The van der Waals surface area contributed by atoms with E-state index in [4.69, 9.17) is 9.47 Å². The number of rotatable bonds is 4. The maximum atomic E-state index is 13.3. The first-order valence-corrected chi connectivity index (χ1v) is 9.41. The molecule has 4 nitrogen and oxygen atoms in total. The molecule has 2 heterocycles. The lowest BCUT2D eigenvalue weighted by atomic mass is 9.84. The molecule has 2 saturated heterocycles. The number of carbonyl (C=O) groups excluding carboxylic acids is 1. The normalized spacial score (nSPS) is 24.0. The highest BCUT2D eigenvalue weighted by Gasteiger charge is 2.44. The van der Waals surface area contributed by atoms with E-state index in [1.165, 1.54) is 17.7 Å². The van der Waals surface area contributed by atoms with E-state index >= 15 is 0 Å². The van der Waals surface area contributed by atoms with Crippen LogP contribution in [0.15, 0.2) is 42.5 Å². The lowest BCUT2D eigenvalue weighted by Gasteiger charge is -2.39. The summed E-state index contributed by atoms with van der Waals surface area (Å²) in [7, 11) is 3.16. The van der Waals surface area contributed by atoms with Crippen molar-refractivity contribution < 1.29 is 18.7 Å². The Hall–Kier alpha value is -2.56. The van der Waals surface area contributed by atoms with Crippen LogP contribution in [0.25, 0.3) is 0 Å². The van der Waals surface area contributed by atoms with Crippen LogP contribution in [0.4, 0.5) is 4.39 Å². The second-order valence-corrected chi connectivity index (χ2v) is 7.38. The Balaban J connectivity index is 1.56. The Morgan fingerprint density at radius 1 is 1.00 bits per heavy atom. The molecule has 0 aliphatic carbocycles. The third-order valence-electron chi connectivity index (χ3n) is 5.95. The van der Waals surface area contributed by atoms with Crippen molar-refractivity contribution in [2.45, 2.75) is 43.7 Å². The van der Waals surface area contributed by atoms with Gasteiger partial charge in [-0.2, -0.15) is 0 Å². The summed E-state index contributed by atoms with van der Waals surface area (Å²) in [6.07, 6.45) is 3.89. The predicted molar refractivity (Wildman–Crippen MR) is 101 cm³/mol. The van der Waals surface area contributed by atoms with Crippen molar-refractivity contribution in [3.63, 3.8) is 0 Å². The Morgan fingerprint density at radius 3 is 2.26 bits per heavy atom. The molecule has 0 aromatic heterocycles. The van der Waals surface area contributed by atoms with Crippen molar-refractivity contribution in [2.24, 2.45) is 0 Å². The maximum Gasteiger partial charge on any atom is 0.258 e. The van der Waals surface area contributed by atoms with Crippen LogP contribution in [-0.2, 0) is 0 Å². The fraction of sp³-hybridized carbons (Fsp3) is 0.409. The van der Waals surface area contributed by atoms with Gasteiger partial charge in [-0.3, -0.25) is 4.79 Å². The molecular weight excluding hydrogens is 345 g/mol. The Labute approximate surface area is 158 Å². The zero-order chi connectivity index (χ0) is 19.0. The monoisotopic (exact) mass is 369 g/mol.